The molecule has 0 spiro atoms. The van der Waals surface area contributed by atoms with Gasteiger partial charge in [-0.1, -0.05) is 0 Å². The molecule has 0 bridgehead atoms. The van der Waals surface area contributed by atoms with E-state index >= 15 is 0 Å². The van der Waals surface area contributed by atoms with Crippen molar-refractivity contribution in [2.45, 2.75) is 13.0 Å². The minimum Gasteiger partial charge on any atom is -0.306 e. The molecule has 2 aromatic heterocycles. The molecule has 0 atom stereocenters. The number of nitrogens with one attached hydrogen (secondary N) is 1. The smallest absolute Gasteiger partial charge is 0.281 e. The minimum absolute atomic E-state index is 0.0903. The number of aromatic nitrogens is 3. The van der Waals surface area contributed by atoms with Gasteiger partial charge in [0.25, 0.3) is 15.8 Å². The standard InChI is InChI=1S/C14H17N5O3S/c1-18(2)23(21,22)19-7-5-11-12(9-19)16-13(17-14(11)20)10-4-3-6-15-8-10/h3-4,6,8H,5,7,9H2,1-2H3,(H,16,17,20). The lowest BCUT2D eigenvalue weighted by molar-refractivity contribution is 0.353. The Morgan fingerprint density at radius 3 is 2.78 bits per heavy atom. The van der Waals surface area contributed by atoms with Crippen LogP contribution in [-0.2, 0) is 23.2 Å². The highest BCUT2D eigenvalue weighted by Crippen LogP contribution is 2.20. The number of pyridine rings is 1. The molecule has 0 aliphatic carbocycles. The van der Waals surface area contributed by atoms with Gasteiger partial charge in [0, 0.05) is 44.2 Å². The Labute approximate surface area is 134 Å². The van der Waals surface area contributed by atoms with Gasteiger partial charge in [-0.25, -0.2) is 4.98 Å². The van der Waals surface area contributed by atoms with Crippen molar-refractivity contribution in [2.24, 2.45) is 0 Å². The molecule has 8 nitrogen and oxygen atoms in total. The van der Waals surface area contributed by atoms with Crippen molar-refractivity contribution in [1.29, 1.82) is 0 Å². The van der Waals surface area contributed by atoms with E-state index < -0.39 is 10.2 Å². The van der Waals surface area contributed by atoms with Gasteiger partial charge in [-0.05, 0) is 18.6 Å². The second kappa shape index (κ2) is 5.84. The zero-order valence-corrected chi connectivity index (χ0v) is 13.7. The Kier molecular flexibility index (Phi) is 4.00. The average molecular weight is 335 g/mol. The molecule has 23 heavy (non-hydrogen) atoms. The topological polar surface area (TPSA) is 99.3 Å². The molecule has 0 aromatic carbocycles. The lowest BCUT2D eigenvalue weighted by Gasteiger charge is -2.29. The SMILES string of the molecule is CN(C)S(=O)(=O)N1CCc2c(nc(-c3cccnc3)[nH]c2=O)C1. The maximum Gasteiger partial charge on any atom is 0.281 e. The van der Waals surface area contributed by atoms with E-state index in [1.165, 1.54) is 18.4 Å². The molecule has 0 fully saturated rings. The van der Waals surface area contributed by atoms with Crippen molar-refractivity contribution in [3.05, 3.63) is 46.1 Å². The van der Waals surface area contributed by atoms with Gasteiger partial charge in [0.1, 0.15) is 5.82 Å². The summed E-state index contributed by atoms with van der Waals surface area (Å²) in [4.78, 5) is 23.4. The first-order chi connectivity index (χ1) is 10.9. The summed E-state index contributed by atoms with van der Waals surface area (Å²) in [5, 5.41) is 0. The molecule has 1 aliphatic heterocycles. The van der Waals surface area contributed by atoms with Crippen LogP contribution in [0.4, 0.5) is 0 Å². The zero-order chi connectivity index (χ0) is 16.6. The molecule has 3 heterocycles. The summed E-state index contributed by atoms with van der Waals surface area (Å²) in [6.45, 7) is 0.359. The molecule has 2 aromatic rings. The third kappa shape index (κ3) is 2.90. The third-order valence-electron chi connectivity index (χ3n) is 3.76. The average Bonchev–Trinajstić information content (AvgIpc) is 2.55. The van der Waals surface area contributed by atoms with Gasteiger partial charge in [0.05, 0.1) is 12.2 Å². The first kappa shape index (κ1) is 15.8. The summed E-state index contributed by atoms with van der Waals surface area (Å²) in [7, 11) is -0.564. The van der Waals surface area contributed by atoms with Gasteiger partial charge in [0.15, 0.2) is 0 Å². The fraction of sp³-hybridized carbons (Fsp3) is 0.357. The second-order valence-corrected chi connectivity index (χ2v) is 7.60. The van der Waals surface area contributed by atoms with Crippen LogP contribution >= 0.6 is 0 Å². The number of nitrogens with zero attached hydrogens (tertiary/aromatic N) is 4. The van der Waals surface area contributed by atoms with Crippen LogP contribution in [0.15, 0.2) is 29.3 Å². The number of fused-ring (bicyclic) bond motifs is 1. The largest absolute Gasteiger partial charge is 0.306 e. The molecule has 0 unspecified atom stereocenters. The van der Waals surface area contributed by atoms with Crippen molar-refractivity contribution in [1.82, 2.24) is 23.6 Å². The Morgan fingerprint density at radius 1 is 1.35 bits per heavy atom. The lowest BCUT2D eigenvalue weighted by atomic mass is 10.1. The first-order valence-electron chi connectivity index (χ1n) is 7.09. The molecule has 9 heteroatoms. The van der Waals surface area contributed by atoms with Crippen molar-refractivity contribution in [2.75, 3.05) is 20.6 Å². The molecule has 0 radical (unpaired) electrons. The van der Waals surface area contributed by atoms with Gasteiger partial charge in [-0.2, -0.15) is 17.0 Å². The van der Waals surface area contributed by atoms with E-state index in [1.807, 2.05) is 0 Å². The lowest BCUT2D eigenvalue weighted by Crippen LogP contribution is -2.44. The minimum atomic E-state index is -3.53. The van der Waals surface area contributed by atoms with Crippen LogP contribution in [0.1, 0.15) is 11.3 Å². The molecule has 0 saturated carbocycles. The highest BCUT2D eigenvalue weighted by molar-refractivity contribution is 7.86. The van der Waals surface area contributed by atoms with Crippen LogP contribution < -0.4 is 5.56 Å². The molecule has 122 valence electrons. The Bertz CT molecular complexity index is 877. The van der Waals surface area contributed by atoms with Crippen LogP contribution in [0.2, 0.25) is 0 Å². The van der Waals surface area contributed by atoms with E-state index in [-0.39, 0.29) is 18.6 Å². The van der Waals surface area contributed by atoms with Crippen molar-refractivity contribution >= 4 is 10.2 Å². The maximum atomic E-state index is 12.3. The van der Waals surface area contributed by atoms with Crippen LogP contribution in [0.5, 0.6) is 0 Å². The number of rotatable bonds is 3. The number of aromatic amines is 1. The predicted octanol–water partition coefficient (Wildman–Crippen LogP) is -0.00360. The number of H-pyrrole nitrogens is 1. The summed E-state index contributed by atoms with van der Waals surface area (Å²) >= 11 is 0. The van der Waals surface area contributed by atoms with Crippen molar-refractivity contribution in [3.8, 4) is 11.4 Å². The fourth-order valence-corrected chi connectivity index (χ4v) is 3.55. The van der Waals surface area contributed by atoms with E-state index in [9.17, 15) is 13.2 Å². The summed E-state index contributed by atoms with van der Waals surface area (Å²) in [6.07, 6.45) is 3.57. The third-order valence-corrected chi connectivity index (χ3v) is 5.65. The van der Waals surface area contributed by atoms with Gasteiger partial charge in [-0.15, -0.1) is 0 Å². The van der Waals surface area contributed by atoms with Crippen LogP contribution in [0, 0.1) is 0 Å². The van der Waals surface area contributed by atoms with Gasteiger partial charge in [0.2, 0.25) is 0 Å². The van der Waals surface area contributed by atoms with Gasteiger partial charge >= 0.3 is 0 Å². The van der Waals surface area contributed by atoms with E-state index in [0.717, 1.165) is 4.31 Å². The highest BCUT2D eigenvalue weighted by Gasteiger charge is 2.30. The molecule has 0 saturated heterocycles. The van der Waals surface area contributed by atoms with Crippen LogP contribution in [0.3, 0.4) is 0 Å². The molecule has 3 rings (SSSR count). The van der Waals surface area contributed by atoms with Crippen LogP contribution in [-0.4, -0.2) is 52.6 Å². The van der Waals surface area contributed by atoms with Crippen LogP contribution in [0.25, 0.3) is 11.4 Å². The maximum absolute atomic E-state index is 12.3. The number of hydrogen-bond donors (Lipinski definition) is 1. The summed E-state index contributed by atoms with van der Waals surface area (Å²) in [6, 6.07) is 3.53. The van der Waals surface area contributed by atoms with Crippen molar-refractivity contribution < 1.29 is 8.42 Å². The van der Waals surface area contributed by atoms with Gasteiger partial charge < -0.3 is 4.98 Å². The second-order valence-electron chi connectivity index (χ2n) is 5.46. The van der Waals surface area contributed by atoms with E-state index in [0.29, 0.717) is 29.1 Å². The van der Waals surface area contributed by atoms with Crippen molar-refractivity contribution in [3.63, 3.8) is 0 Å². The normalized spacial score (nSPS) is 15.6. The summed E-state index contributed by atoms with van der Waals surface area (Å²) in [5.41, 5.74) is 1.49. The molecular weight excluding hydrogens is 318 g/mol. The monoisotopic (exact) mass is 335 g/mol. The molecule has 0 amide bonds. The fourth-order valence-electron chi connectivity index (χ4n) is 2.48. The Morgan fingerprint density at radius 2 is 2.13 bits per heavy atom. The zero-order valence-electron chi connectivity index (χ0n) is 12.9. The van der Waals surface area contributed by atoms with E-state index in [4.69, 9.17) is 0 Å². The summed E-state index contributed by atoms with van der Waals surface area (Å²) in [5.74, 6) is 0.394. The summed E-state index contributed by atoms with van der Waals surface area (Å²) < 4.78 is 27.0. The molecule has 1 N–H and O–H groups in total. The van der Waals surface area contributed by atoms with E-state index in [2.05, 4.69) is 15.0 Å². The Hall–Kier alpha value is -2.10. The quantitative estimate of drug-likeness (QED) is 0.851. The van der Waals surface area contributed by atoms with Gasteiger partial charge in [-0.3, -0.25) is 9.78 Å². The first-order valence-corrected chi connectivity index (χ1v) is 8.49. The van der Waals surface area contributed by atoms with E-state index in [1.54, 1.807) is 24.5 Å². The molecule has 1 aliphatic rings. The predicted molar refractivity (Wildman–Crippen MR) is 84.8 cm³/mol. The Balaban J connectivity index is 2.02. The molecular formula is C14H17N5O3S. The highest BCUT2D eigenvalue weighted by atomic mass is 32.2. The number of hydrogen-bond acceptors (Lipinski definition) is 5.